The van der Waals surface area contributed by atoms with Crippen molar-refractivity contribution in [2.24, 2.45) is 0 Å². The van der Waals surface area contributed by atoms with Crippen LogP contribution in [0, 0.1) is 6.92 Å². The Hall–Kier alpha value is -0.0800. The van der Waals surface area contributed by atoms with Gasteiger partial charge in [0.2, 0.25) is 0 Å². The van der Waals surface area contributed by atoms with Crippen molar-refractivity contribution in [3.63, 3.8) is 0 Å². The van der Waals surface area contributed by atoms with Crippen molar-refractivity contribution >= 4 is 0 Å². The molecule has 0 atom stereocenters. The summed E-state index contributed by atoms with van der Waals surface area (Å²) in [6.45, 7) is 7.36. The molecule has 1 aliphatic rings. The number of nitrogens with zero attached hydrogens (tertiary/aromatic N) is 2. The molecule has 1 radical (unpaired) electrons. The molecule has 0 N–H and O–H groups in total. The molecule has 1 rings (SSSR count). The fraction of sp³-hybridized carbons (Fsp3) is 0.917. The van der Waals surface area contributed by atoms with Gasteiger partial charge in [-0.15, -0.1) is 0 Å². The topological polar surface area (TPSA) is 6.48 Å². The van der Waals surface area contributed by atoms with Gasteiger partial charge in [0.15, 0.2) is 0 Å². The van der Waals surface area contributed by atoms with Crippen LogP contribution in [0.3, 0.4) is 0 Å². The zero-order valence-corrected chi connectivity index (χ0v) is 9.84. The molecule has 0 aromatic carbocycles. The van der Waals surface area contributed by atoms with E-state index in [4.69, 9.17) is 0 Å². The van der Waals surface area contributed by atoms with Crippen molar-refractivity contribution in [2.45, 2.75) is 38.1 Å². The van der Waals surface area contributed by atoms with Crippen molar-refractivity contribution in [2.75, 3.05) is 33.7 Å². The molecule has 0 aromatic rings. The number of likely N-dealkylation sites (N-methyl/N-ethyl adjacent to an activating group) is 1. The number of rotatable bonds is 5. The first-order valence-electron chi connectivity index (χ1n) is 5.92. The maximum absolute atomic E-state index is 4.05. The van der Waals surface area contributed by atoms with Crippen LogP contribution in [0.2, 0.25) is 0 Å². The van der Waals surface area contributed by atoms with Gasteiger partial charge in [-0.2, -0.15) is 0 Å². The average Bonchev–Trinajstić information content (AvgIpc) is 2.20. The highest BCUT2D eigenvalue weighted by atomic mass is 15.2. The van der Waals surface area contributed by atoms with Crippen LogP contribution in [0.1, 0.15) is 32.1 Å². The Bertz CT molecular complexity index is 139. The molecular formula is C12H25N2. The van der Waals surface area contributed by atoms with E-state index in [1.807, 2.05) is 0 Å². The van der Waals surface area contributed by atoms with Crippen molar-refractivity contribution in [3.8, 4) is 0 Å². The Kier molecular flexibility index (Phi) is 5.49. The third kappa shape index (κ3) is 3.97. The van der Waals surface area contributed by atoms with Crippen LogP contribution >= 0.6 is 0 Å². The van der Waals surface area contributed by atoms with Crippen molar-refractivity contribution < 1.29 is 0 Å². The van der Waals surface area contributed by atoms with E-state index in [2.05, 4.69) is 30.8 Å². The maximum Gasteiger partial charge on any atom is 0.0112 e. The highest BCUT2D eigenvalue weighted by Crippen LogP contribution is 2.22. The second-order valence-corrected chi connectivity index (χ2v) is 4.63. The van der Waals surface area contributed by atoms with E-state index in [1.54, 1.807) is 0 Å². The minimum Gasteiger partial charge on any atom is -0.308 e. The van der Waals surface area contributed by atoms with Crippen molar-refractivity contribution in [1.82, 2.24) is 9.80 Å². The molecular weight excluding hydrogens is 172 g/mol. The molecule has 14 heavy (non-hydrogen) atoms. The normalized spacial score (nSPS) is 19.5. The van der Waals surface area contributed by atoms with Gasteiger partial charge in [0.25, 0.3) is 0 Å². The Labute approximate surface area is 89.3 Å². The lowest BCUT2D eigenvalue weighted by Gasteiger charge is -2.34. The zero-order chi connectivity index (χ0) is 10.4. The largest absolute Gasteiger partial charge is 0.308 e. The quantitative estimate of drug-likeness (QED) is 0.665. The minimum atomic E-state index is 0.821. The predicted molar refractivity (Wildman–Crippen MR) is 62.4 cm³/mol. The zero-order valence-electron chi connectivity index (χ0n) is 9.84. The predicted octanol–water partition coefficient (Wildman–Crippen LogP) is 2.02. The number of hydrogen-bond donors (Lipinski definition) is 0. The van der Waals surface area contributed by atoms with E-state index >= 15 is 0 Å². The van der Waals surface area contributed by atoms with Crippen LogP contribution in [-0.4, -0.2) is 49.6 Å². The average molecular weight is 197 g/mol. The fourth-order valence-electron chi connectivity index (χ4n) is 2.25. The lowest BCUT2D eigenvalue weighted by molar-refractivity contribution is 0.158. The van der Waals surface area contributed by atoms with Crippen molar-refractivity contribution in [1.29, 1.82) is 0 Å². The first kappa shape index (κ1) is 12.0. The van der Waals surface area contributed by atoms with Gasteiger partial charge >= 0.3 is 0 Å². The molecule has 0 bridgehead atoms. The van der Waals surface area contributed by atoms with Crippen LogP contribution in [-0.2, 0) is 0 Å². The molecule has 0 spiro atoms. The monoisotopic (exact) mass is 197 g/mol. The van der Waals surface area contributed by atoms with Crippen molar-refractivity contribution in [3.05, 3.63) is 6.92 Å². The highest BCUT2D eigenvalue weighted by molar-refractivity contribution is 4.76. The molecule has 0 unspecified atom stereocenters. The van der Waals surface area contributed by atoms with Gasteiger partial charge < -0.3 is 4.90 Å². The summed E-state index contributed by atoms with van der Waals surface area (Å²) in [5, 5.41) is 0. The van der Waals surface area contributed by atoms with Gasteiger partial charge in [-0.25, -0.2) is 0 Å². The van der Waals surface area contributed by atoms with Gasteiger partial charge in [-0.3, -0.25) is 4.90 Å². The molecule has 0 aliphatic heterocycles. The molecule has 1 fully saturated rings. The molecule has 0 saturated heterocycles. The molecule has 2 nitrogen and oxygen atoms in total. The lowest BCUT2D eigenvalue weighted by atomic mass is 9.94. The van der Waals surface area contributed by atoms with Crippen LogP contribution in [0.15, 0.2) is 0 Å². The third-order valence-electron chi connectivity index (χ3n) is 3.21. The Morgan fingerprint density at radius 1 is 1.07 bits per heavy atom. The molecule has 1 saturated carbocycles. The standard InChI is InChI=1S/C12H25N2/c1-4-14(11-10-13(2)3)12-8-6-5-7-9-12/h12H,1,4-11H2,2-3H3. The SMILES string of the molecule is [CH2]CN(CCN(C)C)C1CCCCC1. The Morgan fingerprint density at radius 2 is 1.71 bits per heavy atom. The van der Waals surface area contributed by atoms with Crippen LogP contribution in [0.5, 0.6) is 0 Å². The fourth-order valence-corrected chi connectivity index (χ4v) is 2.25. The summed E-state index contributed by atoms with van der Waals surface area (Å²) in [6, 6.07) is 0.821. The van der Waals surface area contributed by atoms with Crippen LogP contribution in [0.25, 0.3) is 0 Å². The summed E-state index contributed by atoms with van der Waals surface area (Å²) in [5.74, 6) is 0. The molecule has 1 aliphatic carbocycles. The molecule has 0 aromatic heterocycles. The summed E-state index contributed by atoms with van der Waals surface area (Å²) in [4.78, 5) is 4.81. The number of hydrogen-bond acceptors (Lipinski definition) is 2. The summed E-state index contributed by atoms with van der Waals surface area (Å²) in [6.07, 6.45) is 7.06. The van der Waals surface area contributed by atoms with Crippen LogP contribution < -0.4 is 0 Å². The smallest absolute Gasteiger partial charge is 0.0112 e. The third-order valence-corrected chi connectivity index (χ3v) is 3.21. The van der Waals surface area contributed by atoms with Gasteiger partial charge in [0, 0.05) is 19.1 Å². The molecule has 2 heteroatoms. The minimum absolute atomic E-state index is 0.821. The van der Waals surface area contributed by atoms with E-state index in [1.165, 1.54) is 38.6 Å². The lowest BCUT2D eigenvalue weighted by Crippen LogP contribution is -2.40. The summed E-state index contributed by atoms with van der Waals surface area (Å²) in [7, 11) is 4.28. The summed E-state index contributed by atoms with van der Waals surface area (Å²) < 4.78 is 0. The Balaban J connectivity index is 2.28. The summed E-state index contributed by atoms with van der Waals surface area (Å²) >= 11 is 0. The van der Waals surface area contributed by atoms with Gasteiger partial charge in [-0.05, 0) is 40.4 Å². The molecule has 83 valence electrons. The van der Waals surface area contributed by atoms with Crippen LogP contribution in [0.4, 0.5) is 0 Å². The Morgan fingerprint density at radius 3 is 2.21 bits per heavy atom. The second-order valence-electron chi connectivity index (χ2n) is 4.63. The first-order chi connectivity index (χ1) is 6.74. The molecule has 0 amide bonds. The second kappa shape index (κ2) is 6.41. The summed E-state index contributed by atoms with van der Waals surface area (Å²) in [5.41, 5.74) is 0. The van der Waals surface area contributed by atoms with Gasteiger partial charge in [0.05, 0.1) is 0 Å². The van der Waals surface area contributed by atoms with Gasteiger partial charge in [0.1, 0.15) is 0 Å². The van der Waals surface area contributed by atoms with E-state index in [0.717, 1.165) is 19.1 Å². The van der Waals surface area contributed by atoms with E-state index in [0.29, 0.717) is 0 Å². The highest BCUT2D eigenvalue weighted by Gasteiger charge is 2.19. The van der Waals surface area contributed by atoms with E-state index in [-0.39, 0.29) is 0 Å². The van der Waals surface area contributed by atoms with E-state index in [9.17, 15) is 0 Å². The maximum atomic E-state index is 4.05. The molecule has 0 heterocycles. The van der Waals surface area contributed by atoms with E-state index < -0.39 is 0 Å². The first-order valence-corrected chi connectivity index (χ1v) is 5.92. The van der Waals surface area contributed by atoms with Gasteiger partial charge in [-0.1, -0.05) is 19.3 Å².